The van der Waals surface area contributed by atoms with Crippen LogP contribution in [0.5, 0.6) is 0 Å². The third-order valence-corrected chi connectivity index (χ3v) is 7.35. The molecule has 152 valence electrons. The van der Waals surface area contributed by atoms with Crippen LogP contribution in [0, 0.1) is 11.3 Å². The van der Waals surface area contributed by atoms with Crippen molar-refractivity contribution in [2.24, 2.45) is 0 Å². The Hall–Kier alpha value is -2.74. The molecule has 0 bridgehead atoms. The SMILES string of the molecule is CC1C(c2ccccc2)OP(=O)(OC(C#N)c2ccccc2)N1Cc1ccccc1. The Labute approximate surface area is 177 Å². The van der Waals surface area contributed by atoms with Crippen molar-refractivity contribution in [2.75, 3.05) is 0 Å². The monoisotopic (exact) mass is 418 g/mol. The Balaban J connectivity index is 1.68. The van der Waals surface area contributed by atoms with Crippen LogP contribution in [0.1, 0.15) is 35.8 Å². The van der Waals surface area contributed by atoms with Gasteiger partial charge in [0.15, 0.2) is 6.10 Å². The van der Waals surface area contributed by atoms with E-state index in [-0.39, 0.29) is 6.04 Å². The standard InChI is InChI=1S/C24H23N2O3P/c1-19-24(22-15-9-4-10-16-22)29-30(27,26(19)18-20-11-5-2-6-12-20)28-23(17-25)21-13-7-3-8-14-21/h2-16,19,23-24H,18H2,1H3. The van der Waals surface area contributed by atoms with Crippen LogP contribution in [-0.2, 0) is 20.2 Å². The van der Waals surface area contributed by atoms with Gasteiger partial charge >= 0.3 is 7.75 Å². The lowest BCUT2D eigenvalue weighted by Crippen LogP contribution is -2.27. The van der Waals surface area contributed by atoms with Crippen LogP contribution in [0.2, 0.25) is 0 Å². The molecule has 4 atom stereocenters. The van der Waals surface area contributed by atoms with E-state index in [9.17, 15) is 9.83 Å². The zero-order valence-electron chi connectivity index (χ0n) is 16.7. The van der Waals surface area contributed by atoms with Gasteiger partial charge in [0.2, 0.25) is 0 Å². The van der Waals surface area contributed by atoms with E-state index in [0.29, 0.717) is 12.1 Å². The zero-order chi connectivity index (χ0) is 21.0. The predicted molar refractivity (Wildman–Crippen MR) is 115 cm³/mol. The van der Waals surface area contributed by atoms with Gasteiger partial charge in [-0.25, -0.2) is 4.57 Å². The first-order valence-corrected chi connectivity index (χ1v) is 11.4. The van der Waals surface area contributed by atoms with E-state index >= 15 is 0 Å². The molecule has 3 aromatic rings. The van der Waals surface area contributed by atoms with E-state index in [1.807, 2.05) is 85.8 Å². The summed E-state index contributed by atoms with van der Waals surface area (Å²) in [6, 6.07) is 30.5. The summed E-state index contributed by atoms with van der Waals surface area (Å²) in [4.78, 5) is 0. The van der Waals surface area contributed by atoms with Crippen molar-refractivity contribution in [3.63, 3.8) is 0 Å². The number of nitriles is 1. The molecule has 0 saturated carbocycles. The Morgan fingerprint density at radius 2 is 1.57 bits per heavy atom. The van der Waals surface area contributed by atoms with Crippen LogP contribution in [0.4, 0.5) is 0 Å². The lowest BCUT2D eigenvalue weighted by atomic mass is 10.0. The van der Waals surface area contributed by atoms with E-state index in [2.05, 4.69) is 6.07 Å². The van der Waals surface area contributed by atoms with Crippen molar-refractivity contribution in [2.45, 2.75) is 31.7 Å². The van der Waals surface area contributed by atoms with Gasteiger partial charge in [0.05, 0.1) is 6.07 Å². The van der Waals surface area contributed by atoms with Gasteiger partial charge in [-0.15, -0.1) is 0 Å². The molecule has 4 unspecified atom stereocenters. The normalized spacial score (nSPS) is 24.9. The molecule has 6 heteroatoms. The molecule has 4 rings (SSSR count). The van der Waals surface area contributed by atoms with Gasteiger partial charge in [-0.3, -0.25) is 9.05 Å². The van der Waals surface area contributed by atoms with Gasteiger partial charge in [0.25, 0.3) is 0 Å². The van der Waals surface area contributed by atoms with Crippen LogP contribution in [-0.4, -0.2) is 10.7 Å². The molecule has 0 aromatic heterocycles. The summed E-state index contributed by atoms with van der Waals surface area (Å²) in [6.07, 6.45) is -1.41. The van der Waals surface area contributed by atoms with Gasteiger partial charge in [-0.2, -0.15) is 9.93 Å². The molecular formula is C24H23N2O3P. The number of hydrogen-bond donors (Lipinski definition) is 0. The van der Waals surface area contributed by atoms with Crippen molar-refractivity contribution in [3.05, 3.63) is 108 Å². The van der Waals surface area contributed by atoms with E-state index < -0.39 is 20.0 Å². The third kappa shape index (κ3) is 4.23. The second-order valence-corrected chi connectivity index (χ2v) is 9.13. The van der Waals surface area contributed by atoms with Crippen LogP contribution >= 0.6 is 7.75 Å². The molecule has 3 aromatic carbocycles. The van der Waals surface area contributed by atoms with Crippen LogP contribution in [0.3, 0.4) is 0 Å². The van der Waals surface area contributed by atoms with Crippen molar-refractivity contribution >= 4 is 7.75 Å². The largest absolute Gasteiger partial charge is 0.411 e. The van der Waals surface area contributed by atoms with E-state index in [0.717, 1.165) is 11.1 Å². The highest BCUT2D eigenvalue weighted by Crippen LogP contribution is 2.65. The molecule has 0 amide bonds. The van der Waals surface area contributed by atoms with Crippen LogP contribution in [0.25, 0.3) is 0 Å². The fourth-order valence-electron chi connectivity index (χ4n) is 3.66. The second-order valence-electron chi connectivity index (χ2n) is 7.25. The minimum Gasteiger partial charge on any atom is -0.287 e. The molecule has 0 N–H and O–H groups in total. The van der Waals surface area contributed by atoms with Gasteiger partial charge < -0.3 is 0 Å². The number of rotatable bonds is 6. The molecule has 0 spiro atoms. The second kappa shape index (κ2) is 8.95. The van der Waals surface area contributed by atoms with E-state index in [1.165, 1.54) is 0 Å². The van der Waals surface area contributed by atoms with Crippen LogP contribution < -0.4 is 0 Å². The summed E-state index contributed by atoms with van der Waals surface area (Å²) in [5, 5.41) is 9.71. The summed E-state index contributed by atoms with van der Waals surface area (Å²) in [6.45, 7) is 2.38. The quantitative estimate of drug-likeness (QED) is 0.457. The fraction of sp³-hybridized carbons (Fsp3) is 0.208. The Morgan fingerprint density at radius 1 is 1.00 bits per heavy atom. The van der Waals surface area contributed by atoms with Crippen molar-refractivity contribution < 1.29 is 13.6 Å². The summed E-state index contributed by atoms with van der Waals surface area (Å²) >= 11 is 0. The molecule has 0 aliphatic carbocycles. The molecule has 1 heterocycles. The van der Waals surface area contributed by atoms with Crippen molar-refractivity contribution in [1.82, 2.24) is 4.67 Å². The molecule has 1 aliphatic heterocycles. The molecule has 1 aliphatic rings. The summed E-state index contributed by atoms with van der Waals surface area (Å²) in [5.74, 6) is 0. The number of hydrogen-bond acceptors (Lipinski definition) is 4. The maximum absolute atomic E-state index is 14.0. The minimum absolute atomic E-state index is 0.200. The van der Waals surface area contributed by atoms with Gasteiger partial charge in [0, 0.05) is 12.6 Å². The maximum Gasteiger partial charge on any atom is 0.411 e. The molecule has 1 fully saturated rings. The zero-order valence-corrected chi connectivity index (χ0v) is 17.6. The highest BCUT2D eigenvalue weighted by atomic mass is 31.2. The average molecular weight is 418 g/mol. The molecule has 30 heavy (non-hydrogen) atoms. The van der Waals surface area contributed by atoms with Crippen LogP contribution in [0.15, 0.2) is 91.0 Å². The first-order valence-electron chi connectivity index (χ1n) is 9.88. The lowest BCUT2D eigenvalue weighted by molar-refractivity contribution is 0.153. The fourth-order valence-corrected chi connectivity index (χ4v) is 5.88. The van der Waals surface area contributed by atoms with Gasteiger partial charge in [0.1, 0.15) is 6.10 Å². The first kappa shape index (κ1) is 20.5. The third-order valence-electron chi connectivity index (χ3n) is 5.24. The topological polar surface area (TPSA) is 62.6 Å². The van der Waals surface area contributed by atoms with E-state index in [1.54, 1.807) is 16.8 Å². The van der Waals surface area contributed by atoms with Gasteiger partial charge in [-0.05, 0) is 23.6 Å². The molecular weight excluding hydrogens is 395 g/mol. The first-order chi connectivity index (χ1) is 14.6. The Bertz CT molecular complexity index is 1050. The summed E-state index contributed by atoms with van der Waals surface area (Å²) < 4.78 is 27.8. The average Bonchev–Trinajstić information content (AvgIpc) is 3.04. The van der Waals surface area contributed by atoms with Gasteiger partial charge in [-0.1, -0.05) is 91.0 Å². The van der Waals surface area contributed by atoms with Crippen molar-refractivity contribution in [1.29, 1.82) is 5.26 Å². The molecule has 0 radical (unpaired) electrons. The minimum atomic E-state index is -3.75. The smallest absolute Gasteiger partial charge is 0.287 e. The van der Waals surface area contributed by atoms with Crippen molar-refractivity contribution in [3.8, 4) is 6.07 Å². The predicted octanol–water partition coefficient (Wildman–Crippen LogP) is 6.04. The Kier molecular flexibility index (Phi) is 6.13. The highest BCUT2D eigenvalue weighted by molar-refractivity contribution is 7.51. The Morgan fingerprint density at radius 3 is 2.17 bits per heavy atom. The summed E-state index contributed by atoms with van der Waals surface area (Å²) in [7, 11) is -3.75. The maximum atomic E-state index is 14.0. The lowest BCUT2D eigenvalue weighted by Gasteiger charge is -2.26. The summed E-state index contributed by atoms with van der Waals surface area (Å²) in [5.41, 5.74) is 2.57. The van der Waals surface area contributed by atoms with E-state index in [4.69, 9.17) is 9.05 Å². The molecule has 1 saturated heterocycles. The molecule has 5 nitrogen and oxygen atoms in total. The number of nitrogens with zero attached hydrogens (tertiary/aromatic N) is 2. The number of benzene rings is 3. The highest BCUT2D eigenvalue weighted by Gasteiger charge is 2.51.